The molecule has 0 radical (unpaired) electrons. The van der Waals surface area contributed by atoms with Gasteiger partial charge in [-0.25, -0.2) is 18.2 Å². The Hall–Kier alpha value is -1.89. The number of oxazole rings is 1. The van der Waals surface area contributed by atoms with E-state index in [9.17, 15) is 13.2 Å². The van der Waals surface area contributed by atoms with Crippen molar-refractivity contribution in [1.82, 2.24) is 4.98 Å². The molecule has 2 aromatic rings. The minimum absolute atomic E-state index is 0.0649. The van der Waals surface area contributed by atoms with Crippen LogP contribution in [-0.2, 0) is 9.84 Å². The number of hydrogen-bond donors (Lipinski definition) is 1. The Morgan fingerprint density at radius 2 is 2.11 bits per heavy atom. The van der Waals surface area contributed by atoms with E-state index >= 15 is 0 Å². The lowest BCUT2D eigenvalue weighted by Crippen LogP contribution is -2.07. The molecule has 7 heteroatoms. The maximum atomic E-state index is 11.4. The number of carbonyl (C=O) groups is 1. The highest BCUT2D eigenvalue weighted by atomic mass is 32.2. The third-order valence-corrected chi connectivity index (χ3v) is 4.13. The molecular weight excluding hydrogens is 258 g/mol. The molecule has 1 atom stereocenters. The Balaban J connectivity index is 2.54. The lowest BCUT2D eigenvalue weighted by Gasteiger charge is -2.02. The van der Waals surface area contributed by atoms with Crippen molar-refractivity contribution < 1.29 is 22.7 Å². The topological polar surface area (TPSA) is 97.5 Å². The SMILES string of the molecule is CC(c1nc2cc(C(=O)O)ccc2o1)S(C)(=O)=O. The fourth-order valence-corrected chi connectivity index (χ4v) is 1.90. The zero-order chi connectivity index (χ0) is 13.5. The van der Waals surface area contributed by atoms with Crippen molar-refractivity contribution in [2.24, 2.45) is 0 Å². The van der Waals surface area contributed by atoms with Crippen molar-refractivity contribution in [3.05, 3.63) is 29.7 Å². The highest BCUT2D eigenvalue weighted by molar-refractivity contribution is 7.90. The van der Waals surface area contributed by atoms with Crippen LogP contribution in [0, 0.1) is 0 Å². The first-order valence-electron chi connectivity index (χ1n) is 5.11. The van der Waals surface area contributed by atoms with E-state index in [0.29, 0.717) is 11.1 Å². The summed E-state index contributed by atoms with van der Waals surface area (Å²) in [7, 11) is -3.30. The molecule has 0 saturated carbocycles. The number of aromatic nitrogens is 1. The molecule has 18 heavy (non-hydrogen) atoms. The molecule has 1 unspecified atom stereocenters. The van der Waals surface area contributed by atoms with Crippen molar-refractivity contribution in [2.75, 3.05) is 6.26 Å². The van der Waals surface area contributed by atoms with Gasteiger partial charge in [-0.1, -0.05) is 0 Å². The highest BCUT2D eigenvalue weighted by Gasteiger charge is 2.23. The Bertz CT molecular complexity index is 716. The highest BCUT2D eigenvalue weighted by Crippen LogP contribution is 2.25. The molecule has 0 saturated heterocycles. The van der Waals surface area contributed by atoms with Crippen LogP contribution in [0.25, 0.3) is 11.1 Å². The Labute approximate surface area is 103 Å². The van der Waals surface area contributed by atoms with E-state index in [2.05, 4.69) is 4.98 Å². The predicted octanol–water partition coefficient (Wildman–Crippen LogP) is 1.63. The zero-order valence-corrected chi connectivity index (χ0v) is 10.6. The number of sulfone groups is 1. The van der Waals surface area contributed by atoms with Crippen molar-refractivity contribution in [1.29, 1.82) is 0 Å². The number of benzene rings is 1. The molecule has 1 aromatic carbocycles. The molecule has 0 bridgehead atoms. The maximum Gasteiger partial charge on any atom is 0.335 e. The number of carboxylic acid groups (broad SMARTS) is 1. The van der Waals surface area contributed by atoms with E-state index in [1.54, 1.807) is 0 Å². The summed E-state index contributed by atoms with van der Waals surface area (Å²) in [6.07, 6.45) is 1.09. The number of fused-ring (bicyclic) bond motifs is 1. The summed E-state index contributed by atoms with van der Waals surface area (Å²) in [5.41, 5.74) is 0.778. The summed E-state index contributed by atoms with van der Waals surface area (Å²) in [6, 6.07) is 4.19. The van der Waals surface area contributed by atoms with Crippen LogP contribution in [0.1, 0.15) is 28.4 Å². The van der Waals surface area contributed by atoms with Crippen molar-refractivity contribution in [2.45, 2.75) is 12.2 Å². The predicted molar refractivity (Wildman–Crippen MR) is 64.2 cm³/mol. The van der Waals surface area contributed by atoms with Gasteiger partial charge in [-0.2, -0.15) is 0 Å². The minimum atomic E-state index is -3.30. The van der Waals surface area contributed by atoms with E-state index in [-0.39, 0.29) is 11.5 Å². The van der Waals surface area contributed by atoms with Gasteiger partial charge in [0, 0.05) is 6.26 Å². The monoisotopic (exact) mass is 269 g/mol. The van der Waals surface area contributed by atoms with Crippen LogP contribution in [-0.4, -0.2) is 30.7 Å². The van der Waals surface area contributed by atoms with E-state index in [1.807, 2.05) is 0 Å². The van der Waals surface area contributed by atoms with Gasteiger partial charge in [-0.05, 0) is 25.1 Å². The lowest BCUT2D eigenvalue weighted by atomic mass is 10.2. The van der Waals surface area contributed by atoms with Crippen LogP contribution in [0.4, 0.5) is 0 Å². The number of rotatable bonds is 3. The molecule has 96 valence electrons. The molecule has 0 fully saturated rings. The minimum Gasteiger partial charge on any atom is -0.478 e. The summed E-state index contributed by atoms with van der Waals surface area (Å²) in [6.45, 7) is 1.47. The average Bonchev–Trinajstić information content (AvgIpc) is 2.68. The molecule has 0 aliphatic carbocycles. The van der Waals surface area contributed by atoms with Crippen molar-refractivity contribution in [3.8, 4) is 0 Å². The molecule has 6 nitrogen and oxygen atoms in total. The second-order valence-corrected chi connectivity index (χ2v) is 6.38. The average molecular weight is 269 g/mol. The summed E-state index contributed by atoms with van der Waals surface area (Å²) in [4.78, 5) is 14.8. The molecule has 2 rings (SSSR count). The third-order valence-electron chi connectivity index (χ3n) is 2.64. The number of hydrogen-bond acceptors (Lipinski definition) is 5. The van der Waals surface area contributed by atoms with Crippen LogP contribution >= 0.6 is 0 Å². The number of nitrogens with zero attached hydrogens (tertiary/aromatic N) is 1. The smallest absolute Gasteiger partial charge is 0.335 e. The zero-order valence-electron chi connectivity index (χ0n) is 9.75. The van der Waals surface area contributed by atoms with E-state index in [0.717, 1.165) is 6.26 Å². The molecule has 1 heterocycles. The number of aromatic carboxylic acids is 1. The van der Waals surface area contributed by atoms with Gasteiger partial charge in [0.2, 0.25) is 5.89 Å². The van der Waals surface area contributed by atoms with Gasteiger partial charge >= 0.3 is 5.97 Å². The van der Waals surface area contributed by atoms with E-state index < -0.39 is 21.1 Å². The second-order valence-electron chi connectivity index (χ2n) is 4.01. The van der Waals surface area contributed by atoms with Crippen molar-refractivity contribution in [3.63, 3.8) is 0 Å². The summed E-state index contributed by atoms with van der Waals surface area (Å²) in [5, 5.41) is 7.97. The van der Waals surface area contributed by atoms with Gasteiger partial charge in [0.05, 0.1) is 5.56 Å². The van der Waals surface area contributed by atoms with Crippen LogP contribution < -0.4 is 0 Å². The van der Waals surface area contributed by atoms with Gasteiger partial charge in [0.1, 0.15) is 10.8 Å². The lowest BCUT2D eigenvalue weighted by molar-refractivity contribution is 0.0697. The first kappa shape index (κ1) is 12.6. The van der Waals surface area contributed by atoms with Gasteiger partial charge in [0.15, 0.2) is 15.4 Å². The molecule has 1 aromatic heterocycles. The van der Waals surface area contributed by atoms with Crippen molar-refractivity contribution >= 4 is 26.9 Å². The molecule has 0 spiro atoms. The van der Waals surface area contributed by atoms with Gasteiger partial charge in [-0.3, -0.25) is 0 Å². The van der Waals surface area contributed by atoms with Crippen LogP contribution in [0.15, 0.2) is 22.6 Å². The molecule has 0 aliphatic heterocycles. The van der Waals surface area contributed by atoms with Gasteiger partial charge in [0.25, 0.3) is 0 Å². The van der Waals surface area contributed by atoms with Gasteiger partial charge < -0.3 is 9.52 Å². The first-order chi connectivity index (χ1) is 8.29. The quantitative estimate of drug-likeness (QED) is 0.909. The standard InChI is InChI=1S/C11H11NO5S/c1-6(18(2,15)16)10-12-8-5-7(11(13)14)3-4-9(8)17-10/h3-6H,1-2H3,(H,13,14). The fourth-order valence-electron chi connectivity index (χ4n) is 1.44. The van der Waals surface area contributed by atoms with Crippen LogP contribution in [0.5, 0.6) is 0 Å². The molecule has 1 N–H and O–H groups in total. The fraction of sp³-hybridized carbons (Fsp3) is 0.273. The largest absolute Gasteiger partial charge is 0.478 e. The van der Waals surface area contributed by atoms with Crippen LogP contribution in [0.3, 0.4) is 0 Å². The Morgan fingerprint density at radius 3 is 2.67 bits per heavy atom. The first-order valence-corrected chi connectivity index (χ1v) is 7.07. The van der Waals surface area contributed by atoms with Crippen LogP contribution in [0.2, 0.25) is 0 Å². The third kappa shape index (κ3) is 2.21. The number of carboxylic acids is 1. The maximum absolute atomic E-state index is 11.4. The summed E-state index contributed by atoms with van der Waals surface area (Å²) >= 11 is 0. The summed E-state index contributed by atoms with van der Waals surface area (Å²) in [5.74, 6) is -1.01. The van der Waals surface area contributed by atoms with Gasteiger partial charge in [-0.15, -0.1) is 0 Å². The molecular formula is C11H11NO5S. The second kappa shape index (κ2) is 4.09. The molecule has 0 aliphatic rings. The Kier molecular flexibility index (Phi) is 2.86. The van der Waals surface area contributed by atoms with E-state index in [1.165, 1.54) is 25.1 Å². The normalized spacial score (nSPS) is 13.7. The Morgan fingerprint density at radius 1 is 1.44 bits per heavy atom. The summed E-state index contributed by atoms with van der Waals surface area (Å²) < 4.78 is 28.1. The van der Waals surface area contributed by atoms with E-state index in [4.69, 9.17) is 9.52 Å². The molecule has 0 amide bonds.